The quantitative estimate of drug-likeness (QED) is 0.761. The van der Waals surface area contributed by atoms with Crippen molar-refractivity contribution in [1.29, 1.82) is 0 Å². The van der Waals surface area contributed by atoms with Crippen LogP contribution in [0.1, 0.15) is 5.56 Å². The first-order valence-corrected chi connectivity index (χ1v) is 4.66. The number of rotatable bonds is 0. The zero-order chi connectivity index (χ0) is 10.1. The minimum absolute atomic E-state index is 0. The molecule has 0 spiro atoms. The Morgan fingerprint density at radius 1 is 1.13 bits per heavy atom. The smallest absolute Gasteiger partial charge is 0.139 e. The van der Waals surface area contributed by atoms with E-state index in [4.69, 9.17) is 27.9 Å². The maximum Gasteiger partial charge on any atom is 0.139 e. The van der Waals surface area contributed by atoms with Gasteiger partial charge in [0, 0.05) is 6.07 Å². The molecule has 80 valence electrons. The average Bonchev–Trinajstić information content (AvgIpc) is 2.31. The van der Waals surface area contributed by atoms with Gasteiger partial charge in [0.15, 0.2) is 0 Å². The van der Waals surface area contributed by atoms with Gasteiger partial charge >= 0.3 is 0 Å². The molecule has 2 rings (SSSR count). The molecule has 1 aromatic carbocycles. The number of hydrogen-bond donors (Lipinski definition) is 1. The van der Waals surface area contributed by atoms with Crippen LogP contribution in [0.5, 0.6) is 5.75 Å². The third kappa shape index (κ3) is 2.40. The lowest BCUT2D eigenvalue weighted by molar-refractivity contribution is 0.471. The van der Waals surface area contributed by atoms with Crippen molar-refractivity contribution in [3.8, 4) is 5.75 Å². The van der Waals surface area contributed by atoms with Crippen LogP contribution >= 0.6 is 35.6 Å². The van der Waals surface area contributed by atoms with Gasteiger partial charge in [0.05, 0.1) is 21.9 Å². The van der Waals surface area contributed by atoms with Gasteiger partial charge in [-0.15, -0.1) is 12.4 Å². The summed E-state index contributed by atoms with van der Waals surface area (Å²) in [4.78, 5) is 0. The summed E-state index contributed by atoms with van der Waals surface area (Å²) in [6, 6.07) is 3.14. The summed E-state index contributed by atoms with van der Waals surface area (Å²) in [6.07, 6.45) is 4.58. The fourth-order valence-corrected chi connectivity index (χ4v) is 1.48. The fraction of sp³-hybridized carbons (Fsp3) is 0. The Bertz CT molecular complexity index is 439. The maximum absolute atomic E-state index is 9.58. The second-order valence-electron chi connectivity index (χ2n) is 2.76. The van der Waals surface area contributed by atoms with E-state index in [0.717, 1.165) is 0 Å². The van der Waals surface area contributed by atoms with Crippen LogP contribution in [0.4, 0.5) is 0 Å². The van der Waals surface area contributed by atoms with Gasteiger partial charge in [0.1, 0.15) is 11.5 Å². The predicted octanol–water partition coefficient (Wildman–Crippen LogP) is 4.22. The molecule has 1 aliphatic rings. The molecule has 0 fully saturated rings. The summed E-state index contributed by atoms with van der Waals surface area (Å²) in [7, 11) is 0. The summed E-state index contributed by atoms with van der Waals surface area (Å²) in [6.45, 7) is 0. The number of allylic oxidation sites excluding steroid dienone is 2. The number of aliphatic hydroxyl groups excluding tert-OH is 1. The van der Waals surface area contributed by atoms with Crippen molar-refractivity contribution < 1.29 is 9.84 Å². The van der Waals surface area contributed by atoms with Crippen molar-refractivity contribution in [2.24, 2.45) is 0 Å². The Morgan fingerprint density at radius 3 is 2.53 bits per heavy atom. The first-order chi connectivity index (χ1) is 6.68. The summed E-state index contributed by atoms with van der Waals surface area (Å²) >= 11 is 11.6. The molecule has 0 amide bonds. The van der Waals surface area contributed by atoms with Crippen molar-refractivity contribution in [1.82, 2.24) is 0 Å². The molecule has 1 heterocycles. The summed E-state index contributed by atoms with van der Waals surface area (Å²) in [5.41, 5.74) is 0.532. The highest BCUT2D eigenvalue weighted by atomic mass is 35.5. The lowest BCUT2D eigenvalue weighted by Crippen LogP contribution is -1.89. The van der Waals surface area contributed by atoms with Gasteiger partial charge in [-0.25, -0.2) is 0 Å². The molecule has 0 radical (unpaired) electrons. The fourth-order valence-electron chi connectivity index (χ4n) is 1.16. The number of fused-ring (bicyclic) bond motifs is 1. The molecule has 2 nitrogen and oxygen atoms in total. The van der Waals surface area contributed by atoms with E-state index in [0.29, 0.717) is 21.4 Å². The number of benzene rings is 1. The largest absolute Gasteiger partial charge is 0.507 e. The van der Waals surface area contributed by atoms with Gasteiger partial charge in [-0.3, -0.25) is 0 Å². The zero-order valence-electron chi connectivity index (χ0n) is 7.41. The number of hydrogen-bond acceptors (Lipinski definition) is 2. The zero-order valence-corrected chi connectivity index (χ0v) is 9.73. The van der Waals surface area contributed by atoms with Gasteiger partial charge in [-0.2, -0.15) is 0 Å². The third-order valence-corrected chi connectivity index (χ3v) is 2.55. The van der Waals surface area contributed by atoms with E-state index >= 15 is 0 Å². The highest BCUT2D eigenvalue weighted by Crippen LogP contribution is 2.34. The van der Waals surface area contributed by atoms with E-state index in [-0.39, 0.29) is 18.2 Å². The summed E-state index contributed by atoms with van der Waals surface area (Å²) in [5.74, 6) is 0.592. The van der Waals surface area contributed by atoms with Crippen molar-refractivity contribution in [2.75, 3.05) is 0 Å². The summed E-state index contributed by atoms with van der Waals surface area (Å²) < 4.78 is 5.22. The van der Waals surface area contributed by atoms with Crippen LogP contribution in [0.15, 0.2) is 30.5 Å². The molecule has 1 aliphatic heterocycles. The first-order valence-electron chi connectivity index (χ1n) is 3.90. The van der Waals surface area contributed by atoms with Crippen LogP contribution in [0, 0.1) is 0 Å². The Balaban J connectivity index is 0.00000112. The number of aliphatic hydroxyl groups is 1. The van der Waals surface area contributed by atoms with Crippen LogP contribution in [0.2, 0.25) is 10.0 Å². The van der Waals surface area contributed by atoms with E-state index in [1.807, 2.05) is 0 Å². The molecule has 0 unspecified atom stereocenters. The third-order valence-electron chi connectivity index (χ3n) is 1.83. The number of ether oxygens (including phenoxy) is 1. The monoisotopic (exact) mass is 264 g/mol. The molecule has 0 atom stereocenters. The average molecular weight is 266 g/mol. The van der Waals surface area contributed by atoms with E-state index in [2.05, 4.69) is 0 Å². The Morgan fingerprint density at radius 2 is 1.80 bits per heavy atom. The van der Waals surface area contributed by atoms with Crippen LogP contribution in [-0.4, -0.2) is 5.11 Å². The van der Waals surface area contributed by atoms with Gasteiger partial charge in [0.2, 0.25) is 0 Å². The molecule has 15 heavy (non-hydrogen) atoms. The second-order valence-corrected chi connectivity index (χ2v) is 3.58. The molecule has 0 bridgehead atoms. The minimum atomic E-state index is 0. The van der Waals surface area contributed by atoms with Crippen molar-refractivity contribution in [3.63, 3.8) is 0 Å². The van der Waals surface area contributed by atoms with Crippen molar-refractivity contribution in [2.45, 2.75) is 0 Å². The van der Waals surface area contributed by atoms with Crippen LogP contribution < -0.4 is 4.74 Å². The molecule has 0 saturated carbocycles. The molecular weight excluding hydrogens is 258 g/mol. The van der Waals surface area contributed by atoms with E-state index in [1.54, 1.807) is 18.2 Å². The Hall–Kier alpha value is -0.830. The molecule has 1 aromatic rings. The molecule has 0 aliphatic carbocycles. The van der Waals surface area contributed by atoms with Crippen molar-refractivity contribution in [3.05, 3.63) is 46.2 Å². The van der Waals surface area contributed by atoms with Gasteiger partial charge in [-0.1, -0.05) is 23.2 Å². The topological polar surface area (TPSA) is 29.5 Å². The lowest BCUT2D eigenvalue weighted by Gasteiger charge is -2.07. The van der Waals surface area contributed by atoms with Crippen molar-refractivity contribution >= 4 is 41.4 Å². The molecule has 0 saturated heterocycles. The first kappa shape index (κ1) is 12.2. The molecular formula is C10H7Cl3O2. The number of halogens is 3. The van der Waals surface area contributed by atoms with Gasteiger partial charge < -0.3 is 9.84 Å². The lowest BCUT2D eigenvalue weighted by atomic mass is 10.1. The van der Waals surface area contributed by atoms with Gasteiger partial charge in [-0.05, 0) is 18.2 Å². The van der Waals surface area contributed by atoms with E-state index in [9.17, 15) is 5.11 Å². The highest BCUT2D eigenvalue weighted by Gasteiger charge is 2.12. The van der Waals surface area contributed by atoms with E-state index in [1.165, 1.54) is 12.3 Å². The normalized spacial score (nSPS) is 13.1. The van der Waals surface area contributed by atoms with E-state index < -0.39 is 0 Å². The highest BCUT2D eigenvalue weighted by molar-refractivity contribution is 6.42. The second kappa shape index (κ2) is 4.79. The molecule has 1 N–H and O–H groups in total. The maximum atomic E-state index is 9.58. The summed E-state index contributed by atoms with van der Waals surface area (Å²) in [5, 5.41) is 10.4. The minimum Gasteiger partial charge on any atom is -0.507 e. The molecule has 5 heteroatoms. The van der Waals surface area contributed by atoms with Crippen LogP contribution in [0.3, 0.4) is 0 Å². The SMILES string of the molecule is Cl.OC1=CC=COc2cc(Cl)c(Cl)cc21. The Kier molecular flexibility index (Phi) is 3.91. The van der Waals surface area contributed by atoms with Gasteiger partial charge in [0.25, 0.3) is 0 Å². The Labute approximate surface area is 103 Å². The van der Waals surface area contributed by atoms with Crippen LogP contribution in [-0.2, 0) is 0 Å². The predicted molar refractivity (Wildman–Crippen MR) is 64.1 cm³/mol. The van der Waals surface area contributed by atoms with Crippen LogP contribution in [0.25, 0.3) is 5.76 Å². The standard InChI is InChI=1S/C10H6Cl2O2.ClH/c11-7-4-6-9(13)2-1-3-14-10(6)5-8(7)12;/h1-5,13H;1H. The molecule has 0 aromatic heterocycles.